The number of aliphatic carboxylic acids is 1. The van der Waals surface area contributed by atoms with Crippen LogP contribution in [-0.4, -0.2) is 54.9 Å². The Kier molecular flexibility index (Phi) is 6.95. The van der Waals surface area contributed by atoms with Gasteiger partial charge in [0, 0.05) is 19.6 Å². The van der Waals surface area contributed by atoms with Gasteiger partial charge >= 0.3 is 12.0 Å². The van der Waals surface area contributed by atoms with Gasteiger partial charge in [-0.2, -0.15) is 0 Å². The van der Waals surface area contributed by atoms with Crippen molar-refractivity contribution in [1.82, 2.24) is 10.2 Å². The van der Waals surface area contributed by atoms with E-state index in [0.717, 1.165) is 12.8 Å². The lowest BCUT2D eigenvalue weighted by molar-refractivity contribution is -0.143. The summed E-state index contributed by atoms with van der Waals surface area (Å²) in [6.45, 7) is 5.98. The Morgan fingerprint density at radius 2 is 2.26 bits per heavy atom. The third-order valence-electron chi connectivity index (χ3n) is 3.05. The highest BCUT2D eigenvalue weighted by atomic mass is 16.5. The van der Waals surface area contributed by atoms with Crippen LogP contribution in [0.2, 0.25) is 0 Å². The Bertz CT molecular complexity index is 320. The molecular formula is C13H22N2O4. The largest absolute Gasteiger partial charge is 0.481 e. The number of carbonyl (C=O) groups excluding carboxylic acids is 1. The molecule has 108 valence electrons. The number of hydrogen-bond acceptors (Lipinski definition) is 3. The van der Waals surface area contributed by atoms with Gasteiger partial charge in [0.1, 0.15) is 0 Å². The topological polar surface area (TPSA) is 78.9 Å². The third-order valence-corrected chi connectivity index (χ3v) is 3.05. The van der Waals surface area contributed by atoms with Crippen molar-refractivity contribution in [3.63, 3.8) is 0 Å². The van der Waals surface area contributed by atoms with Crippen LogP contribution in [0.4, 0.5) is 4.79 Å². The normalized spacial score (nSPS) is 18.9. The van der Waals surface area contributed by atoms with E-state index >= 15 is 0 Å². The Morgan fingerprint density at radius 1 is 1.47 bits per heavy atom. The van der Waals surface area contributed by atoms with Crippen molar-refractivity contribution in [3.05, 3.63) is 12.7 Å². The maximum atomic E-state index is 11.8. The summed E-state index contributed by atoms with van der Waals surface area (Å²) in [5, 5.41) is 11.7. The Labute approximate surface area is 113 Å². The van der Waals surface area contributed by atoms with E-state index in [-0.39, 0.29) is 6.03 Å². The quantitative estimate of drug-likeness (QED) is 0.536. The van der Waals surface area contributed by atoms with Gasteiger partial charge in [-0.1, -0.05) is 6.08 Å². The second kappa shape index (κ2) is 8.53. The van der Waals surface area contributed by atoms with E-state index in [1.54, 1.807) is 11.0 Å². The molecule has 0 saturated carbocycles. The van der Waals surface area contributed by atoms with Crippen LogP contribution in [0.5, 0.6) is 0 Å². The number of nitrogens with one attached hydrogen (secondary N) is 1. The van der Waals surface area contributed by atoms with Crippen molar-refractivity contribution >= 4 is 12.0 Å². The molecular weight excluding hydrogens is 248 g/mol. The SMILES string of the molecule is C=CCCOCCNC(=O)N1CCC[C@H](C(=O)O)C1. The van der Waals surface area contributed by atoms with Crippen molar-refractivity contribution in [2.24, 2.45) is 5.92 Å². The molecule has 0 unspecified atom stereocenters. The Morgan fingerprint density at radius 3 is 2.95 bits per heavy atom. The van der Waals surface area contributed by atoms with Crippen molar-refractivity contribution < 1.29 is 19.4 Å². The summed E-state index contributed by atoms with van der Waals surface area (Å²) in [5.41, 5.74) is 0. The van der Waals surface area contributed by atoms with Crippen molar-refractivity contribution in [3.8, 4) is 0 Å². The maximum absolute atomic E-state index is 11.8. The zero-order valence-electron chi connectivity index (χ0n) is 11.1. The van der Waals surface area contributed by atoms with Crippen molar-refractivity contribution in [2.75, 3.05) is 32.8 Å². The fourth-order valence-corrected chi connectivity index (χ4v) is 1.97. The highest BCUT2D eigenvalue weighted by Crippen LogP contribution is 2.16. The minimum atomic E-state index is -0.828. The minimum absolute atomic E-state index is 0.210. The van der Waals surface area contributed by atoms with Crippen LogP contribution in [0.1, 0.15) is 19.3 Å². The molecule has 0 bridgehead atoms. The van der Waals surface area contributed by atoms with Crippen molar-refractivity contribution in [1.29, 1.82) is 0 Å². The molecule has 1 fully saturated rings. The summed E-state index contributed by atoms with van der Waals surface area (Å²) in [5.74, 6) is -1.27. The molecule has 0 radical (unpaired) electrons. The molecule has 2 amide bonds. The van der Waals surface area contributed by atoms with Crippen molar-refractivity contribution in [2.45, 2.75) is 19.3 Å². The highest BCUT2D eigenvalue weighted by molar-refractivity contribution is 5.76. The molecule has 1 atom stereocenters. The first-order valence-electron chi connectivity index (χ1n) is 6.59. The molecule has 1 aliphatic heterocycles. The molecule has 0 aromatic rings. The second-order valence-corrected chi connectivity index (χ2v) is 4.55. The van der Waals surface area contributed by atoms with Gasteiger partial charge in [0.05, 0.1) is 19.1 Å². The number of carboxylic acids is 1. The molecule has 1 saturated heterocycles. The molecule has 0 aliphatic carbocycles. The summed E-state index contributed by atoms with van der Waals surface area (Å²) >= 11 is 0. The van der Waals surface area contributed by atoms with Gasteiger partial charge < -0.3 is 20.1 Å². The number of amides is 2. The summed E-state index contributed by atoms with van der Waals surface area (Å²) < 4.78 is 5.27. The first-order chi connectivity index (χ1) is 9.15. The monoisotopic (exact) mass is 270 g/mol. The number of hydrogen-bond donors (Lipinski definition) is 2. The van der Waals surface area contributed by atoms with E-state index in [1.807, 2.05) is 0 Å². The second-order valence-electron chi connectivity index (χ2n) is 4.55. The number of ether oxygens (including phenoxy) is 1. The summed E-state index contributed by atoms with van der Waals surface area (Å²) in [6, 6.07) is -0.210. The summed E-state index contributed by atoms with van der Waals surface area (Å²) in [6.07, 6.45) is 3.95. The average molecular weight is 270 g/mol. The zero-order chi connectivity index (χ0) is 14.1. The van der Waals surface area contributed by atoms with E-state index in [0.29, 0.717) is 39.3 Å². The molecule has 1 heterocycles. The first kappa shape index (κ1) is 15.5. The highest BCUT2D eigenvalue weighted by Gasteiger charge is 2.27. The molecule has 0 spiro atoms. The van der Waals surface area contributed by atoms with Gasteiger partial charge in [-0.05, 0) is 19.3 Å². The van der Waals surface area contributed by atoms with E-state index < -0.39 is 11.9 Å². The standard InChI is InChI=1S/C13H22N2O4/c1-2-3-8-19-9-6-14-13(18)15-7-4-5-11(10-15)12(16)17/h2,11H,1,3-10H2,(H,14,18)(H,16,17)/t11-/m0/s1. The number of rotatable bonds is 7. The maximum Gasteiger partial charge on any atom is 0.317 e. The van der Waals surface area contributed by atoms with Crippen LogP contribution in [0.25, 0.3) is 0 Å². The zero-order valence-corrected chi connectivity index (χ0v) is 11.1. The first-order valence-corrected chi connectivity index (χ1v) is 6.59. The van der Waals surface area contributed by atoms with Gasteiger partial charge in [0.2, 0.25) is 0 Å². The average Bonchev–Trinajstić information content (AvgIpc) is 2.42. The van der Waals surface area contributed by atoms with Gasteiger partial charge in [-0.25, -0.2) is 4.79 Å². The predicted octanol–water partition coefficient (Wildman–Crippen LogP) is 1.09. The fraction of sp³-hybridized carbons (Fsp3) is 0.692. The lowest BCUT2D eigenvalue weighted by Crippen LogP contribution is -2.47. The summed E-state index contributed by atoms with van der Waals surface area (Å²) in [7, 11) is 0. The molecule has 1 rings (SSSR count). The van der Waals surface area contributed by atoms with Crippen LogP contribution in [0.3, 0.4) is 0 Å². The van der Waals surface area contributed by atoms with E-state index in [2.05, 4.69) is 11.9 Å². The van der Waals surface area contributed by atoms with Gasteiger partial charge in [-0.15, -0.1) is 6.58 Å². The molecule has 6 nitrogen and oxygen atoms in total. The number of nitrogens with zero attached hydrogens (tertiary/aromatic N) is 1. The smallest absolute Gasteiger partial charge is 0.317 e. The van der Waals surface area contributed by atoms with Gasteiger partial charge in [0.15, 0.2) is 0 Å². The molecule has 0 aromatic carbocycles. The van der Waals surface area contributed by atoms with E-state index in [1.165, 1.54) is 0 Å². The minimum Gasteiger partial charge on any atom is -0.481 e. The lowest BCUT2D eigenvalue weighted by Gasteiger charge is -2.30. The van der Waals surface area contributed by atoms with Crippen LogP contribution in [0, 0.1) is 5.92 Å². The molecule has 19 heavy (non-hydrogen) atoms. The fourth-order valence-electron chi connectivity index (χ4n) is 1.97. The lowest BCUT2D eigenvalue weighted by atomic mass is 9.99. The Hall–Kier alpha value is -1.56. The number of carboxylic acid groups (broad SMARTS) is 1. The molecule has 6 heteroatoms. The van der Waals surface area contributed by atoms with E-state index in [9.17, 15) is 9.59 Å². The Balaban J connectivity index is 2.18. The van der Waals surface area contributed by atoms with Crippen LogP contribution < -0.4 is 5.32 Å². The predicted molar refractivity (Wildman–Crippen MR) is 71.0 cm³/mol. The van der Waals surface area contributed by atoms with Gasteiger partial charge in [-0.3, -0.25) is 4.79 Å². The van der Waals surface area contributed by atoms with Crippen LogP contribution in [-0.2, 0) is 9.53 Å². The molecule has 2 N–H and O–H groups in total. The molecule has 1 aliphatic rings. The number of urea groups is 1. The third kappa shape index (κ3) is 5.74. The number of likely N-dealkylation sites (tertiary alicyclic amines) is 1. The number of carbonyl (C=O) groups is 2. The van der Waals surface area contributed by atoms with E-state index in [4.69, 9.17) is 9.84 Å². The molecule has 0 aromatic heterocycles. The number of piperidine rings is 1. The van der Waals surface area contributed by atoms with Crippen LogP contribution in [0.15, 0.2) is 12.7 Å². The van der Waals surface area contributed by atoms with Crippen LogP contribution >= 0.6 is 0 Å². The van der Waals surface area contributed by atoms with Gasteiger partial charge in [0.25, 0.3) is 0 Å². The summed E-state index contributed by atoms with van der Waals surface area (Å²) in [4.78, 5) is 24.3.